The molecule has 1 amide bonds. The zero-order valence-corrected chi connectivity index (χ0v) is 28.7. The van der Waals surface area contributed by atoms with E-state index in [9.17, 15) is 26.4 Å². The maximum Gasteiger partial charge on any atom is 0.416 e. The number of nitrogens with two attached hydrogens (primary N) is 1. The van der Waals surface area contributed by atoms with E-state index in [4.69, 9.17) is 21.7 Å². The number of carbonyl (C=O) groups is 1. The lowest BCUT2D eigenvalue weighted by Gasteiger charge is -2.46. The number of halogens is 4. The standard InChI is InChI=1S/C36H39ClF3N5O3S/c1-23-42-31-7-2-3-8-32(31)45(23)29-21-27-10-11-28(22-29)44(27)18-15-35(25-5-4-6-26(20-25)36(38,39)40)13-16-43(17-14-35)34(46)24-9-12-30(37)33(19-24)49(41,47)48/h2-9,12,19-20,27-29H,10-11,13-18,21-22H2,1H3,(H2,41,47,48)/t27-,28+,29+. The number of hydrogen-bond donors (Lipinski definition) is 1. The van der Waals surface area contributed by atoms with Crippen LogP contribution in [0.4, 0.5) is 13.2 Å². The second-order valence-electron chi connectivity index (χ2n) is 13.9. The van der Waals surface area contributed by atoms with Gasteiger partial charge in [0, 0.05) is 36.8 Å². The second kappa shape index (κ2) is 12.7. The van der Waals surface area contributed by atoms with Crippen LogP contribution in [-0.4, -0.2) is 65.4 Å². The van der Waals surface area contributed by atoms with Gasteiger partial charge >= 0.3 is 6.18 Å². The quantitative estimate of drug-likeness (QED) is 0.220. The zero-order valence-electron chi connectivity index (χ0n) is 27.2. The van der Waals surface area contributed by atoms with Crippen LogP contribution in [-0.2, 0) is 21.6 Å². The van der Waals surface area contributed by atoms with Crippen molar-refractivity contribution in [2.75, 3.05) is 19.6 Å². The minimum atomic E-state index is -4.47. The highest BCUT2D eigenvalue weighted by Crippen LogP contribution is 2.46. The molecule has 0 spiro atoms. The zero-order chi connectivity index (χ0) is 34.7. The van der Waals surface area contributed by atoms with Crippen LogP contribution in [0, 0.1) is 6.92 Å². The second-order valence-corrected chi connectivity index (χ2v) is 15.8. The third-order valence-electron chi connectivity index (χ3n) is 11.1. The number of para-hydroxylation sites is 2. The first kappa shape index (κ1) is 34.0. The van der Waals surface area contributed by atoms with Crippen molar-refractivity contribution in [3.05, 3.63) is 94.3 Å². The number of aromatic nitrogens is 2. The van der Waals surface area contributed by atoms with Crippen molar-refractivity contribution in [1.29, 1.82) is 0 Å². The Morgan fingerprint density at radius 2 is 1.67 bits per heavy atom. The fraction of sp³-hybridized carbons (Fsp3) is 0.444. The first-order valence-corrected chi connectivity index (χ1v) is 18.6. The van der Waals surface area contributed by atoms with Crippen molar-refractivity contribution in [2.45, 2.75) is 86.5 Å². The largest absolute Gasteiger partial charge is 0.416 e. The molecule has 2 bridgehead atoms. The van der Waals surface area contributed by atoms with Crippen LogP contribution in [0.15, 0.2) is 71.6 Å². The minimum Gasteiger partial charge on any atom is -0.339 e. The van der Waals surface area contributed by atoms with Gasteiger partial charge in [0.05, 0.1) is 21.6 Å². The van der Waals surface area contributed by atoms with E-state index in [0.717, 1.165) is 55.2 Å². The Bertz CT molecular complexity index is 1990. The average Bonchev–Trinajstić information content (AvgIpc) is 3.53. The number of fused-ring (bicyclic) bond motifs is 3. The van der Waals surface area contributed by atoms with Crippen LogP contribution in [0.3, 0.4) is 0 Å². The molecule has 3 saturated heterocycles. The summed E-state index contributed by atoms with van der Waals surface area (Å²) in [6.07, 6.45) is 1.32. The molecule has 3 fully saturated rings. The van der Waals surface area contributed by atoms with Crippen LogP contribution in [0.25, 0.3) is 11.0 Å². The van der Waals surface area contributed by atoms with E-state index >= 15 is 0 Å². The molecule has 3 aliphatic rings. The summed E-state index contributed by atoms with van der Waals surface area (Å²) in [5, 5.41) is 5.23. The van der Waals surface area contributed by atoms with E-state index in [0.29, 0.717) is 56.0 Å². The van der Waals surface area contributed by atoms with Gasteiger partial charge in [-0.3, -0.25) is 9.69 Å². The molecule has 3 aromatic carbocycles. The molecule has 8 nitrogen and oxygen atoms in total. The molecule has 4 aromatic rings. The third-order valence-corrected chi connectivity index (χ3v) is 12.5. The summed E-state index contributed by atoms with van der Waals surface area (Å²) in [4.78, 5) is 22.2. The molecule has 0 unspecified atom stereocenters. The number of rotatable bonds is 7. The Morgan fingerprint density at radius 3 is 2.35 bits per heavy atom. The van der Waals surface area contributed by atoms with E-state index in [1.54, 1.807) is 11.0 Å². The Hall–Kier alpha value is -3.45. The lowest BCUT2D eigenvalue weighted by molar-refractivity contribution is -0.137. The van der Waals surface area contributed by atoms with E-state index in [1.807, 2.05) is 18.2 Å². The van der Waals surface area contributed by atoms with Crippen LogP contribution in [0.5, 0.6) is 0 Å². The Balaban J connectivity index is 1.11. The maximum atomic E-state index is 13.9. The number of hydrogen-bond acceptors (Lipinski definition) is 5. The third kappa shape index (κ3) is 6.48. The smallest absolute Gasteiger partial charge is 0.339 e. The van der Waals surface area contributed by atoms with Gasteiger partial charge in [-0.1, -0.05) is 41.9 Å². The van der Waals surface area contributed by atoms with Gasteiger partial charge in [-0.05, 0) is 106 Å². The van der Waals surface area contributed by atoms with E-state index in [2.05, 4.69) is 22.5 Å². The van der Waals surface area contributed by atoms with E-state index in [-0.39, 0.29) is 21.4 Å². The summed E-state index contributed by atoms with van der Waals surface area (Å²) in [6.45, 7) is 3.44. The molecule has 3 aliphatic heterocycles. The molecular formula is C36H39ClF3N5O3S. The molecule has 260 valence electrons. The number of primary sulfonamides is 1. The predicted molar refractivity (Wildman–Crippen MR) is 182 cm³/mol. The van der Waals surface area contributed by atoms with Crippen molar-refractivity contribution < 1.29 is 26.4 Å². The van der Waals surface area contributed by atoms with Crippen LogP contribution < -0.4 is 5.14 Å². The number of carbonyl (C=O) groups excluding carboxylic acids is 1. The molecule has 4 heterocycles. The number of benzene rings is 3. The fourth-order valence-electron chi connectivity index (χ4n) is 8.67. The Kier molecular flexibility index (Phi) is 8.82. The highest BCUT2D eigenvalue weighted by molar-refractivity contribution is 7.89. The molecule has 0 saturated carbocycles. The van der Waals surface area contributed by atoms with Gasteiger partial charge in [0.25, 0.3) is 5.91 Å². The summed E-state index contributed by atoms with van der Waals surface area (Å²) in [6, 6.07) is 19.0. The first-order valence-electron chi connectivity index (χ1n) is 16.7. The lowest BCUT2D eigenvalue weighted by atomic mass is 9.69. The molecule has 1 aromatic heterocycles. The topological polar surface area (TPSA) is 102 Å². The van der Waals surface area contributed by atoms with Gasteiger partial charge in [-0.15, -0.1) is 0 Å². The molecule has 13 heteroatoms. The van der Waals surface area contributed by atoms with Gasteiger partial charge in [0.2, 0.25) is 10.0 Å². The molecule has 0 radical (unpaired) electrons. The lowest BCUT2D eigenvalue weighted by Crippen LogP contribution is -2.49. The highest BCUT2D eigenvalue weighted by atomic mass is 35.5. The van der Waals surface area contributed by atoms with Crippen LogP contribution in [0.2, 0.25) is 5.02 Å². The van der Waals surface area contributed by atoms with Gasteiger partial charge in [0.1, 0.15) is 10.7 Å². The summed E-state index contributed by atoms with van der Waals surface area (Å²) in [5.41, 5.74) is 1.69. The van der Waals surface area contributed by atoms with Crippen molar-refractivity contribution in [3.63, 3.8) is 0 Å². The summed E-state index contributed by atoms with van der Waals surface area (Å²) >= 11 is 6.04. The molecular weight excluding hydrogens is 675 g/mol. The van der Waals surface area contributed by atoms with E-state index in [1.165, 1.54) is 30.3 Å². The summed E-state index contributed by atoms with van der Waals surface area (Å²) in [5.74, 6) is 0.643. The fourth-order valence-corrected chi connectivity index (χ4v) is 9.74. The number of sulfonamides is 1. The molecule has 2 N–H and O–H groups in total. The summed E-state index contributed by atoms with van der Waals surface area (Å²) in [7, 11) is -4.15. The number of aryl methyl sites for hydroxylation is 1. The Morgan fingerprint density at radius 1 is 0.980 bits per heavy atom. The van der Waals surface area contributed by atoms with Gasteiger partial charge < -0.3 is 9.47 Å². The van der Waals surface area contributed by atoms with E-state index < -0.39 is 27.2 Å². The van der Waals surface area contributed by atoms with Crippen LogP contribution in [0.1, 0.15) is 78.3 Å². The molecule has 0 aliphatic carbocycles. The highest BCUT2D eigenvalue weighted by Gasteiger charge is 2.45. The van der Waals surface area contributed by atoms with Crippen molar-refractivity contribution in [2.24, 2.45) is 5.14 Å². The number of alkyl halides is 3. The minimum absolute atomic E-state index is 0.0761. The number of amides is 1. The monoisotopic (exact) mass is 713 g/mol. The predicted octanol–water partition coefficient (Wildman–Crippen LogP) is 7.10. The number of likely N-dealkylation sites (tertiary alicyclic amines) is 1. The van der Waals surface area contributed by atoms with Gasteiger partial charge in [-0.2, -0.15) is 13.2 Å². The normalized spacial score (nSPS) is 22.9. The average molecular weight is 714 g/mol. The number of piperidine rings is 2. The van der Waals surface area contributed by atoms with Crippen molar-refractivity contribution in [1.82, 2.24) is 19.4 Å². The number of imidazole rings is 1. The molecule has 3 atom stereocenters. The summed E-state index contributed by atoms with van der Waals surface area (Å²) < 4.78 is 68.1. The number of nitrogens with zero attached hydrogens (tertiary/aromatic N) is 4. The van der Waals surface area contributed by atoms with Gasteiger partial charge in [0.15, 0.2) is 0 Å². The Labute approximate surface area is 289 Å². The van der Waals surface area contributed by atoms with Gasteiger partial charge in [-0.25, -0.2) is 18.5 Å². The van der Waals surface area contributed by atoms with Crippen molar-refractivity contribution in [3.8, 4) is 0 Å². The SMILES string of the molecule is Cc1nc2ccccc2n1[C@H]1C[C@H]2CC[C@@H](C1)N2CCC1(c2cccc(C(F)(F)F)c2)CCN(C(=O)c2ccc(Cl)c(S(N)(=O)=O)c2)CC1. The first-order chi connectivity index (χ1) is 23.2. The van der Waals surface area contributed by atoms with Crippen LogP contribution >= 0.6 is 11.6 Å². The molecule has 49 heavy (non-hydrogen) atoms. The molecule has 7 rings (SSSR count). The maximum absolute atomic E-state index is 13.9. The van der Waals surface area contributed by atoms with Crippen molar-refractivity contribution >= 4 is 38.6 Å².